The standard InChI is InChI=1S/C22H23NO4S.Na/c1-15-20(23-21(27-15)18-8-4-3-5-9-18)11-12-26-19-10-6-7-17(13-19)14-28-16(2)22(24)25;/h3-10,13,16H,11-12,14H2,1-2H3,(H,24,25);. The second kappa shape index (κ2) is 11.5. The SMILES string of the molecule is Cc1oc(-c2ccccc2)nc1CCOc1cccc(CSC(C)C(=O)O)c1.[Na]. The van der Waals surface area contributed by atoms with Crippen molar-refractivity contribution in [1.82, 2.24) is 4.98 Å². The summed E-state index contributed by atoms with van der Waals surface area (Å²) in [5, 5.41) is 8.54. The molecule has 0 bridgehead atoms. The number of carbonyl (C=O) groups is 1. The van der Waals surface area contributed by atoms with E-state index in [-0.39, 0.29) is 29.6 Å². The van der Waals surface area contributed by atoms with Crippen LogP contribution in [0.3, 0.4) is 0 Å². The van der Waals surface area contributed by atoms with E-state index in [4.69, 9.17) is 14.3 Å². The molecule has 0 saturated heterocycles. The number of hydrogen-bond donors (Lipinski definition) is 1. The van der Waals surface area contributed by atoms with Gasteiger partial charge in [-0.1, -0.05) is 30.3 Å². The van der Waals surface area contributed by atoms with Crippen LogP contribution in [0.1, 0.15) is 23.9 Å². The maximum Gasteiger partial charge on any atom is 0.316 e. The Morgan fingerprint density at radius 1 is 1.21 bits per heavy atom. The van der Waals surface area contributed by atoms with Crippen molar-refractivity contribution in [1.29, 1.82) is 0 Å². The quantitative estimate of drug-likeness (QED) is 0.510. The van der Waals surface area contributed by atoms with Crippen molar-refractivity contribution in [3.63, 3.8) is 0 Å². The fourth-order valence-corrected chi connectivity index (χ4v) is 3.41. The molecular formula is C22H23NNaO4S. The third-order valence-electron chi connectivity index (χ3n) is 4.27. The van der Waals surface area contributed by atoms with Crippen molar-refractivity contribution in [2.75, 3.05) is 6.61 Å². The topological polar surface area (TPSA) is 72.6 Å². The Bertz CT molecular complexity index is 930. The average Bonchev–Trinajstić information content (AvgIpc) is 3.08. The maximum absolute atomic E-state index is 10.9. The molecule has 2 aromatic carbocycles. The van der Waals surface area contributed by atoms with Gasteiger partial charge in [-0.05, 0) is 43.7 Å². The van der Waals surface area contributed by atoms with Crippen LogP contribution < -0.4 is 4.74 Å². The molecule has 7 heteroatoms. The fraction of sp³-hybridized carbons (Fsp3) is 0.273. The first kappa shape index (κ1) is 23.5. The summed E-state index contributed by atoms with van der Waals surface area (Å²) in [6, 6.07) is 17.6. The number of thioether (sulfide) groups is 1. The number of rotatable bonds is 9. The molecule has 1 aromatic heterocycles. The van der Waals surface area contributed by atoms with E-state index in [9.17, 15) is 4.79 Å². The van der Waals surface area contributed by atoms with E-state index < -0.39 is 11.2 Å². The zero-order chi connectivity index (χ0) is 19.9. The van der Waals surface area contributed by atoms with Crippen LogP contribution >= 0.6 is 11.8 Å². The van der Waals surface area contributed by atoms with Gasteiger partial charge in [-0.25, -0.2) is 4.98 Å². The molecule has 0 amide bonds. The van der Waals surface area contributed by atoms with Crippen LogP contribution in [0, 0.1) is 6.92 Å². The average molecular weight is 420 g/mol. The van der Waals surface area contributed by atoms with E-state index in [0.717, 1.165) is 28.3 Å². The fourth-order valence-electron chi connectivity index (χ4n) is 2.65. The second-order valence-corrected chi connectivity index (χ2v) is 7.75. The Morgan fingerprint density at radius 2 is 1.97 bits per heavy atom. The van der Waals surface area contributed by atoms with Crippen LogP contribution in [-0.2, 0) is 17.0 Å². The van der Waals surface area contributed by atoms with Crippen molar-refractivity contribution in [3.8, 4) is 17.2 Å². The van der Waals surface area contributed by atoms with Gasteiger partial charge in [0.25, 0.3) is 0 Å². The molecule has 1 unspecified atom stereocenters. The Morgan fingerprint density at radius 3 is 2.69 bits per heavy atom. The Hall–Kier alpha value is -1.73. The number of carboxylic acid groups (broad SMARTS) is 1. The summed E-state index contributed by atoms with van der Waals surface area (Å²) >= 11 is 1.39. The van der Waals surface area contributed by atoms with Gasteiger partial charge in [-0.3, -0.25) is 4.79 Å². The number of aliphatic carboxylic acids is 1. The van der Waals surface area contributed by atoms with Gasteiger partial charge in [0.2, 0.25) is 5.89 Å². The first-order chi connectivity index (χ1) is 13.5. The minimum atomic E-state index is -0.796. The number of benzene rings is 2. The van der Waals surface area contributed by atoms with Crippen LogP contribution in [0.25, 0.3) is 11.5 Å². The van der Waals surface area contributed by atoms with Crippen molar-refractivity contribution in [3.05, 3.63) is 71.6 Å². The predicted molar refractivity (Wildman–Crippen MR) is 116 cm³/mol. The van der Waals surface area contributed by atoms with Crippen molar-refractivity contribution >= 4 is 47.3 Å². The molecular weight excluding hydrogens is 397 g/mol. The second-order valence-electron chi connectivity index (χ2n) is 6.43. The van der Waals surface area contributed by atoms with E-state index >= 15 is 0 Å². The van der Waals surface area contributed by atoms with Crippen LogP contribution in [0.15, 0.2) is 59.0 Å². The van der Waals surface area contributed by atoms with Crippen molar-refractivity contribution < 1.29 is 19.1 Å². The Balaban J connectivity index is 0.00000300. The summed E-state index contributed by atoms with van der Waals surface area (Å²) in [5.74, 6) is 2.03. The van der Waals surface area contributed by atoms with Gasteiger partial charge in [0, 0.05) is 47.3 Å². The number of carboxylic acids is 1. The number of oxazole rings is 1. The molecule has 0 spiro atoms. The molecule has 1 N–H and O–H groups in total. The molecule has 1 heterocycles. The molecule has 0 fully saturated rings. The van der Waals surface area contributed by atoms with E-state index in [1.165, 1.54) is 11.8 Å². The van der Waals surface area contributed by atoms with Gasteiger partial charge in [-0.15, -0.1) is 11.8 Å². The largest absolute Gasteiger partial charge is 0.493 e. The monoisotopic (exact) mass is 420 g/mol. The third kappa shape index (κ3) is 6.93. The number of ether oxygens (including phenoxy) is 1. The molecule has 147 valence electrons. The van der Waals surface area contributed by atoms with E-state index in [1.807, 2.05) is 61.5 Å². The minimum absolute atomic E-state index is 0. The smallest absolute Gasteiger partial charge is 0.316 e. The van der Waals surface area contributed by atoms with Gasteiger partial charge < -0.3 is 14.3 Å². The first-order valence-electron chi connectivity index (χ1n) is 9.11. The van der Waals surface area contributed by atoms with Gasteiger partial charge in [0.05, 0.1) is 17.6 Å². The molecule has 3 aromatic rings. The van der Waals surface area contributed by atoms with Crippen molar-refractivity contribution in [2.24, 2.45) is 0 Å². The molecule has 0 aliphatic heterocycles. The van der Waals surface area contributed by atoms with Gasteiger partial charge in [0.15, 0.2) is 0 Å². The Labute approximate surface area is 197 Å². The number of aryl methyl sites for hydroxylation is 1. The summed E-state index contributed by atoms with van der Waals surface area (Å²) in [5.41, 5.74) is 2.89. The molecule has 3 rings (SSSR count). The molecule has 5 nitrogen and oxygen atoms in total. The van der Waals surface area contributed by atoms with Crippen LogP contribution in [0.4, 0.5) is 0 Å². The van der Waals surface area contributed by atoms with Gasteiger partial charge in [-0.2, -0.15) is 0 Å². The molecule has 0 aliphatic rings. The summed E-state index contributed by atoms with van der Waals surface area (Å²) < 4.78 is 11.6. The van der Waals surface area contributed by atoms with Gasteiger partial charge >= 0.3 is 5.97 Å². The normalized spacial score (nSPS) is 11.5. The number of aromatic nitrogens is 1. The molecule has 1 radical (unpaired) electrons. The number of hydrogen-bond acceptors (Lipinski definition) is 5. The van der Waals surface area contributed by atoms with Crippen LogP contribution in [0.5, 0.6) is 5.75 Å². The third-order valence-corrected chi connectivity index (χ3v) is 5.47. The number of nitrogens with zero attached hydrogens (tertiary/aromatic N) is 1. The van der Waals surface area contributed by atoms with E-state index in [0.29, 0.717) is 24.7 Å². The summed E-state index contributed by atoms with van der Waals surface area (Å²) in [4.78, 5) is 15.5. The van der Waals surface area contributed by atoms with Crippen molar-refractivity contribution in [2.45, 2.75) is 31.3 Å². The molecule has 1 atom stereocenters. The van der Waals surface area contributed by atoms with Crippen LogP contribution in [-0.4, -0.2) is 57.5 Å². The molecule has 0 aliphatic carbocycles. The zero-order valence-electron chi connectivity index (χ0n) is 16.9. The zero-order valence-corrected chi connectivity index (χ0v) is 19.7. The van der Waals surface area contributed by atoms with E-state index in [1.54, 1.807) is 6.92 Å². The summed E-state index contributed by atoms with van der Waals surface area (Å²) in [6.45, 7) is 4.09. The molecule has 0 saturated carbocycles. The minimum Gasteiger partial charge on any atom is -0.493 e. The first-order valence-corrected chi connectivity index (χ1v) is 10.2. The predicted octanol–water partition coefficient (Wildman–Crippen LogP) is 4.60. The van der Waals surface area contributed by atoms with Gasteiger partial charge in [0.1, 0.15) is 11.5 Å². The Kier molecular flexibility index (Phi) is 9.30. The summed E-state index contributed by atoms with van der Waals surface area (Å²) in [7, 11) is 0. The summed E-state index contributed by atoms with van der Waals surface area (Å²) in [6.07, 6.45) is 0.650. The van der Waals surface area contributed by atoms with Crippen LogP contribution in [0.2, 0.25) is 0 Å². The molecule has 29 heavy (non-hydrogen) atoms. The van der Waals surface area contributed by atoms with E-state index in [2.05, 4.69) is 4.98 Å². The maximum atomic E-state index is 10.9.